The van der Waals surface area contributed by atoms with Gasteiger partial charge in [0, 0.05) is 50.7 Å². The summed E-state index contributed by atoms with van der Waals surface area (Å²) >= 11 is 0. The third-order valence-corrected chi connectivity index (χ3v) is 18.0. The van der Waals surface area contributed by atoms with E-state index in [0.717, 1.165) is 40.2 Å². The van der Waals surface area contributed by atoms with Crippen LogP contribution in [0.4, 0.5) is 17.1 Å². The molecule has 0 atom stereocenters. The number of benzene rings is 8. The second kappa shape index (κ2) is 16.0. The van der Waals surface area contributed by atoms with Gasteiger partial charge in [-0.25, -0.2) is 4.98 Å². The molecule has 318 valence electrons. The Hall–Kier alpha value is -6.78. The summed E-state index contributed by atoms with van der Waals surface area (Å²) in [4.78, 5) is 9.76. The topological polar surface area (TPSA) is 24.3 Å². The first-order valence-corrected chi connectivity index (χ1v) is 24.2. The van der Waals surface area contributed by atoms with Crippen molar-refractivity contribution in [1.82, 2.24) is 9.55 Å². The van der Waals surface area contributed by atoms with E-state index in [1.54, 1.807) is 0 Å². The summed E-state index contributed by atoms with van der Waals surface area (Å²) < 4.78 is 2.35. The fourth-order valence-corrected chi connectivity index (χ4v) is 15.2. The van der Waals surface area contributed by atoms with Crippen molar-refractivity contribution in [3.63, 3.8) is 0 Å². The second-order valence-electron chi connectivity index (χ2n) is 18.1. The standard InChI is InChI=1S/C59H45N4Si.Pt/c1-59(2,3)44-33-34-60-58(36-44)63-52-32-29-43(42-19-8-5-9-20-42)35-51(52)48-31-30-47(38-55(48)63)64(56-27-14-10-23-49(56)50-24-11-15-28-57(50)64)46-22-16-21-45(37-46)62-40-61(39-41-17-6-4-7-18-41)53-25-12-13-26-54(53)62;/h4-36,40H,39H2,1-3H3;/q-3;. The first-order chi connectivity index (χ1) is 31.4. The molecule has 4 nitrogen and oxygen atoms in total. The summed E-state index contributed by atoms with van der Waals surface area (Å²) in [5.74, 6) is 0.896. The number of hydrogen-bond acceptors (Lipinski definition) is 3. The molecule has 12 rings (SSSR count). The van der Waals surface area contributed by atoms with Gasteiger partial charge in [-0.2, -0.15) is 59.5 Å². The second-order valence-corrected chi connectivity index (χ2v) is 21.8. The van der Waals surface area contributed by atoms with Gasteiger partial charge in [-0.1, -0.05) is 160 Å². The van der Waals surface area contributed by atoms with E-state index >= 15 is 0 Å². The molecule has 8 aromatic carbocycles. The molecule has 65 heavy (non-hydrogen) atoms. The first kappa shape index (κ1) is 41.0. The van der Waals surface area contributed by atoms with Crippen LogP contribution in [0.15, 0.2) is 200 Å². The maximum atomic E-state index is 5.09. The molecule has 2 aliphatic heterocycles. The van der Waals surface area contributed by atoms with Crippen molar-refractivity contribution in [2.24, 2.45) is 0 Å². The van der Waals surface area contributed by atoms with Crippen molar-refractivity contribution < 1.29 is 21.1 Å². The van der Waals surface area contributed by atoms with Crippen LogP contribution in [0, 0.1) is 18.8 Å². The fourth-order valence-electron chi connectivity index (χ4n) is 10.3. The molecule has 0 aliphatic carbocycles. The fraction of sp³-hybridized carbons (Fsp3) is 0.0847. The average molecular weight is 1030 g/mol. The first-order valence-electron chi connectivity index (χ1n) is 22.2. The minimum atomic E-state index is -3.07. The molecular weight excluding hydrogens is 988 g/mol. The van der Waals surface area contributed by atoms with E-state index < -0.39 is 8.07 Å². The Morgan fingerprint density at radius 3 is 1.97 bits per heavy atom. The number of anilines is 3. The maximum Gasteiger partial charge on any atom is 0.135 e. The van der Waals surface area contributed by atoms with Crippen LogP contribution in [0.5, 0.6) is 0 Å². The van der Waals surface area contributed by atoms with Crippen LogP contribution in [0.3, 0.4) is 0 Å². The largest absolute Gasteiger partial charge is 0.498 e. The van der Waals surface area contributed by atoms with Crippen molar-refractivity contribution in [1.29, 1.82) is 0 Å². The number of aromatic nitrogens is 2. The maximum absolute atomic E-state index is 5.09. The summed E-state index contributed by atoms with van der Waals surface area (Å²) in [6.07, 6.45) is 1.96. The molecule has 4 heterocycles. The smallest absolute Gasteiger partial charge is 0.135 e. The Kier molecular flexibility index (Phi) is 10.1. The van der Waals surface area contributed by atoms with Crippen LogP contribution in [0.25, 0.3) is 49.9 Å². The molecule has 0 spiro atoms. The monoisotopic (exact) mass is 1030 g/mol. The molecular formula is C59H45N4PtSi-3. The van der Waals surface area contributed by atoms with Gasteiger partial charge in [-0.3, -0.25) is 0 Å². The minimum Gasteiger partial charge on any atom is -0.498 e. The van der Waals surface area contributed by atoms with E-state index in [2.05, 4.69) is 248 Å². The number of para-hydroxylation sites is 2. The van der Waals surface area contributed by atoms with Gasteiger partial charge < -0.3 is 14.4 Å². The van der Waals surface area contributed by atoms with Crippen LogP contribution >= 0.6 is 0 Å². The molecule has 0 saturated heterocycles. The van der Waals surface area contributed by atoms with E-state index in [0.29, 0.717) is 0 Å². The van der Waals surface area contributed by atoms with Gasteiger partial charge in [0.05, 0.1) is 0 Å². The van der Waals surface area contributed by atoms with Crippen molar-refractivity contribution in [3.8, 4) is 28.1 Å². The van der Waals surface area contributed by atoms with Crippen LogP contribution < -0.4 is 30.5 Å². The van der Waals surface area contributed by atoms with Gasteiger partial charge in [-0.15, -0.1) is 11.1 Å². The molecule has 0 bridgehead atoms. The van der Waals surface area contributed by atoms with E-state index in [1.807, 2.05) is 6.20 Å². The van der Waals surface area contributed by atoms with Crippen LogP contribution in [0.2, 0.25) is 0 Å². The predicted octanol–water partition coefficient (Wildman–Crippen LogP) is 11.4. The minimum absolute atomic E-state index is 0. The van der Waals surface area contributed by atoms with Crippen LogP contribution in [0.1, 0.15) is 31.9 Å². The third-order valence-electron chi connectivity index (χ3n) is 13.3. The summed E-state index contributed by atoms with van der Waals surface area (Å²) in [6, 6.07) is 79.4. The summed E-state index contributed by atoms with van der Waals surface area (Å²) in [7, 11) is -3.07. The van der Waals surface area contributed by atoms with E-state index in [-0.39, 0.29) is 26.5 Å². The van der Waals surface area contributed by atoms with E-state index in [1.165, 1.54) is 65.2 Å². The molecule has 0 radical (unpaired) electrons. The zero-order valence-electron chi connectivity index (χ0n) is 36.4. The molecule has 0 saturated carbocycles. The summed E-state index contributed by atoms with van der Waals surface area (Å²) in [6.45, 7) is 9.82. The van der Waals surface area contributed by atoms with Crippen molar-refractivity contribution in [3.05, 3.63) is 230 Å². The SMILES string of the molecule is CC(C)(C)c1ccnc(-n2c3[c-]c([Si]4(c5[c-]c(N6[CH-]N(Cc7ccccc7)c7ccccc76)ccc5)c5ccccc5-c5ccccc54)ccc3c3cc(-c4ccccc4)ccc32)c1.[Pt]. The van der Waals surface area contributed by atoms with E-state index in [9.17, 15) is 0 Å². The van der Waals surface area contributed by atoms with Crippen molar-refractivity contribution in [2.45, 2.75) is 32.7 Å². The average Bonchev–Trinajstić information content (AvgIpc) is 3.98. The van der Waals surface area contributed by atoms with Crippen molar-refractivity contribution >= 4 is 67.7 Å². The molecule has 0 fully saturated rings. The number of pyridine rings is 1. The molecule has 2 aromatic heterocycles. The quantitative estimate of drug-likeness (QED) is 0.117. The van der Waals surface area contributed by atoms with Gasteiger partial charge in [0.1, 0.15) is 13.9 Å². The summed E-state index contributed by atoms with van der Waals surface area (Å²) in [5, 5.41) is 7.45. The molecule has 0 unspecified atom stereocenters. The third kappa shape index (κ3) is 6.63. The van der Waals surface area contributed by atoms with Gasteiger partial charge in [0.15, 0.2) is 0 Å². The number of hydrogen-bond donors (Lipinski definition) is 0. The Bertz CT molecular complexity index is 3360. The Morgan fingerprint density at radius 2 is 1.23 bits per heavy atom. The zero-order valence-corrected chi connectivity index (χ0v) is 39.7. The zero-order chi connectivity index (χ0) is 43.0. The van der Waals surface area contributed by atoms with Crippen LogP contribution in [-0.4, -0.2) is 17.6 Å². The van der Waals surface area contributed by atoms with Gasteiger partial charge >= 0.3 is 0 Å². The predicted molar refractivity (Wildman–Crippen MR) is 268 cm³/mol. The molecule has 0 N–H and O–H groups in total. The summed E-state index contributed by atoms with van der Waals surface area (Å²) in [5.41, 5.74) is 12.9. The van der Waals surface area contributed by atoms with Gasteiger partial charge in [0.2, 0.25) is 0 Å². The molecule has 10 aromatic rings. The Morgan fingerprint density at radius 1 is 0.569 bits per heavy atom. The normalized spacial score (nSPS) is 13.7. The Balaban J connectivity index is 0.00000469. The molecule has 0 amide bonds. The molecule has 2 aliphatic rings. The number of rotatable bonds is 7. The number of fused-ring (bicyclic) bond motifs is 7. The van der Waals surface area contributed by atoms with Gasteiger partial charge in [-0.05, 0) is 84.9 Å². The van der Waals surface area contributed by atoms with Crippen molar-refractivity contribution in [2.75, 3.05) is 9.80 Å². The van der Waals surface area contributed by atoms with Gasteiger partial charge in [0.25, 0.3) is 0 Å². The van der Waals surface area contributed by atoms with Crippen LogP contribution in [-0.2, 0) is 33.0 Å². The Labute approximate surface area is 396 Å². The number of nitrogens with zero attached hydrogens (tertiary/aromatic N) is 4. The van der Waals surface area contributed by atoms with E-state index in [4.69, 9.17) is 4.98 Å². The molecule has 6 heteroatoms.